The summed E-state index contributed by atoms with van der Waals surface area (Å²) in [5, 5.41) is 3.88. The predicted octanol–water partition coefficient (Wildman–Crippen LogP) is 3.21. The Morgan fingerprint density at radius 1 is 1.18 bits per heavy atom. The summed E-state index contributed by atoms with van der Waals surface area (Å²) in [4.78, 5) is 14.7. The van der Waals surface area contributed by atoms with E-state index in [2.05, 4.69) is 5.32 Å². The van der Waals surface area contributed by atoms with Crippen molar-refractivity contribution in [1.82, 2.24) is 10.2 Å². The van der Waals surface area contributed by atoms with E-state index in [0.717, 1.165) is 11.1 Å². The number of sulfone groups is 1. The molecule has 28 heavy (non-hydrogen) atoms. The van der Waals surface area contributed by atoms with E-state index < -0.39 is 9.84 Å². The highest BCUT2D eigenvalue weighted by atomic mass is 35.5. The predicted molar refractivity (Wildman–Crippen MR) is 112 cm³/mol. The quantitative estimate of drug-likeness (QED) is 0.746. The fourth-order valence-electron chi connectivity index (χ4n) is 3.50. The highest BCUT2D eigenvalue weighted by Gasteiger charge is 2.34. The van der Waals surface area contributed by atoms with Gasteiger partial charge in [0.15, 0.2) is 9.84 Å². The van der Waals surface area contributed by atoms with E-state index in [1.165, 1.54) is 0 Å². The summed E-state index contributed by atoms with van der Waals surface area (Å²) in [5.74, 6) is 0.0653. The summed E-state index contributed by atoms with van der Waals surface area (Å²) in [6.45, 7) is 2.48. The molecule has 1 saturated heterocycles. The Labute approximate surface area is 171 Å². The molecule has 1 aliphatic rings. The van der Waals surface area contributed by atoms with Crippen LogP contribution in [0.15, 0.2) is 54.6 Å². The number of amides is 1. The van der Waals surface area contributed by atoms with Crippen LogP contribution in [0, 0.1) is 0 Å². The molecule has 0 aliphatic carbocycles. The van der Waals surface area contributed by atoms with Crippen molar-refractivity contribution in [3.63, 3.8) is 0 Å². The van der Waals surface area contributed by atoms with Crippen LogP contribution in [0.5, 0.6) is 0 Å². The van der Waals surface area contributed by atoms with E-state index in [4.69, 9.17) is 11.6 Å². The van der Waals surface area contributed by atoms with Gasteiger partial charge in [-0.25, -0.2) is 8.42 Å². The van der Waals surface area contributed by atoms with Crippen LogP contribution >= 0.6 is 11.6 Å². The van der Waals surface area contributed by atoms with Gasteiger partial charge < -0.3 is 10.2 Å². The molecule has 2 atom stereocenters. The Morgan fingerprint density at radius 2 is 1.86 bits per heavy atom. The second-order valence-corrected chi connectivity index (χ2v) is 9.82. The highest BCUT2D eigenvalue weighted by Crippen LogP contribution is 2.23. The molecular formula is C21H25ClN2O3S. The van der Waals surface area contributed by atoms with Gasteiger partial charge in [-0.1, -0.05) is 60.1 Å². The zero-order chi connectivity index (χ0) is 20.1. The van der Waals surface area contributed by atoms with Crippen LogP contribution < -0.4 is 5.32 Å². The zero-order valence-corrected chi connectivity index (χ0v) is 17.4. The molecule has 3 rings (SSSR count). The number of hydrogen-bond donors (Lipinski definition) is 1. The van der Waals surface area contributed by atoms with Crippen LogP contribution in [0.2, 0.25) is 5.02 Å². The minimum atomic E-state index is -3.08. The number of carbonyl (C=O) groups excluding carboxylic acids is 1. The van der Waals surface area contributed by atoms with Crippen LogP contribution in [0.3, 0.4) is 0 Å². The molecule has 0 unspecified atom stereocenters. The van der Waals surface area contributed by atoms with Gasteiger partial charge in [0.25, 0.3) is 0 Å². The average molecular weight is 421 g/mol. The van der Waals surface area contributed by atoms with Crippen molar-refractivity contribution in [2.75, 3.05) is 18.1 Å². The molecule has 0 saturated carbocycles. The molecule has 2 aromatic rings. The lowest BCUT2D eigenvalue weighted by Gasteiger charge is -2.29. The second-order valence-electron chi connectivity index (χ2n) is 7.19. The van der Waals surface area contributed by atoms with Gasteiger partial charge in [0, 0.05) is 23.7 Å². The summed E-state index contributed by atoms with van der Waals surface area (Å²) in [7, 11) is -3.08. The third kappa shape index (κ3) is 5.34. The topological polar surface area (TPSA) is 66.5 Å². The zero-order valence-electron chi connectivity index (χ0n) is 15.8. The maximum absolute atomic E-state index is 13.0. The van der Waals surface area contributed by atoms with Gasteiger partial charge in [-0.3, -0.25) is 4.79 Å². The summed E-state index contributed by atoms with van der Waals surface area (Å²) < 4.78 is 23.9. The Balaban J connectivity index is 1.70. The van der Waals surface area contributed by atoms with Crippen molar-refractivity contribution < 1.29 is 13.2 Å². The molecule has 1 fully saturated rings. The molecule has 1 aliphatic heterocycles. The van der Waals surface area contributed by atoms with Crippen LogP contribution in [0.4, 0.5) is 0 Å². The molecule has 0 radical (unpaired) electrons. The lowest BCUT2D eigenvalue weighted by Crippen LogP contribution is -2.45. The van der Waals surface area contributed by atoms with Crippen molar-refractivity contribution in [1.29, 1.82) is 0 Å². The van der Waals surface area contributed by atoms with Gasteiger partial charge in [-0.2, -0.15) is 0 Å². The Kier molecular flexibility index (Phi) is 6.75. The lowest BCUT2D eigenvalue weighted by atomic mass is 10.1. The molecule has 1 N–H and O–H groups in total. The summed E-state index contributed by atoms with van der Waals surface area (Å²) in [6.07, 6.45) is 0.487. The van der Waals surface area contributed by atoms with Crippen molar-refractivity contribution >= 4 is 27.3 Å². The second kappa shape index (κ2) is 9.07. The van der Waals surface area contributed by atoms with Gasteiger partial charge in [0.2, 0.25) is 5.91 Å². The number of rotatable bonds is 7. The molecule has 0 aromatic heterocycles. The first-order valence-electron chi connectivity index (χ1n) is 9.37. The Bertz CT molecular complexity index is 918. The van der Waals surface area contributed by atoms with E-state index in [1.807, 2.05) is 61.5 Å². The van der Waals surface area contributed by atoms with Crippen LogP contribution in [-0.4, -0.2) is 43.3 Å². The standard InChI is InChI=1S/C21H25ClN2O3S/c1-16(19-9-5-6-10-20(19)22)23-13-21(25)24(14-17-7-3-2-4-8-17)18-11-12-28(26,27)15-18/h2-10,16,18,23H,11-15H2,1H3/t16-,18+/m0/s1. The summed E-state index contributed by atoms with van der Waals surface area (Å²) in [6, 6.07) is 16.8. The molecule has 5 nitrogen and oxygen atoms in total. The maximum Gasteiger partial charge on any atom is 0.237 e. The van der Waals surface area contributed by atoms with Gasteiger partial charge in [0.1, 0.15) is 0 Å². The molecule has 2 aromatic carbocycles. The molecule has 1 heterocycles. The van der Waals surface area contributed by atoms with Crippen LogP contribution in [0.1, 0.15) is 30.5 Å². The number of hydrogen-bond acceptors (Lipinski definition) is 4. The third-order valence-corrected chi connectivity index (χ3v) is 7.19. The van der Waals surface area contributed by atoms with E-state index in [-0.39, 0.29) is 36.0 Å². The fourth-order valence-corrected chi connectivity index (χ4v) is 5.53. The minimum Gasteiger partial charge on any atom is -0.333 e. The Hall–Kier alpha value is -1.89. The maximum atomic E-state index is 13.0. The Morgan fingerprint density at radius 3 is 2.50 bits per heavy atom. The highest BCUT2D eigenvalue weighted by molar-refractivity contribution is 7.91. The van der Waals surface area contributed by atoms with Crippen molar-refractivity contribution in [3.05, 3.63) is 70.7 Å². The minimum absolute atomic E-state index is 0.0334. The van der Waals surface area contributed by atoms with Gasteiger partial charge in [-0.15, -0.1) is 0 Å². The van der Waals surface area contributed by atoms with Crippen molar-refractivity contribution in [2.24, 2.45) is 0 Å². The number of carbonyl (C=O) groups is 1. The van der Waals surface area contributed by atoms with E-state index in [0.29, 0.717) is 18.0 Å². The third-order valence-electron chi connectivity index (χ3n) is 5.10. The number of benzene rings is 2. The van der Waals surface area contributed by atoms with Crippen LogP contribution in [0.25, 0.3) is 0 Å². The van der Waals surface area contributed by atoms with Gasteiger partial charge >= 0.3 is 0 Å². The van der Waals surface area contributed by atoms with Crippen molar-refractivity contribution in [3.8, 4) is 0 Å². The molecule has 7 heteroatoms. The first kappa shape index (κ1) is 20.8. The molecule has 0 bridgehead atoms. The lowest BCUT2D eigenvalue weighted by molar-refractivity contribution is -0.132. The van der Waals surface area contributed by atoms with E-state index in [9.17, 15) is 13.2 Å². The first-order valence-corrected chi connectivity index (χ1v) is 11.6. The normalized spacial score (nSPS) is 19.3. The monoisotopic (exact) mass is 420 g/mol. The summed E-state index contributed by atoms with van der Waals surface area (Å²) in [5.41, 5.74) is 1.91. The molecular weight excluding hydrogens is 396 g/mol. The number of halogens is 1. The molecule has 0 spiro atoms. The van der Waals surface area contributed by atoms with E-state index >= 15 is 0 Å². The van der Waals surface area contributed by atoms with Gasteiger partial charge in [-0.05, 0) is 30.5 Å². The average Bonchev–Trinajstić information content (AvgIpc) is 3.04. The molecule has 1 amide bonds. The smallest absolute Gasteiger partial charge is 0.237 e. The molecule has 150 valence electrons. The summed E-state index contributed by atoms with van der Waals surface area (Å²) >= 11 is 6.24. The first-order chi connectivity index (χ1) is 13.4. The number of nitrogens with one attached hydrogen (secondary N) is 1. The van der Waals surface area contributed by atoms with E-state index in [1.54, 1.807) is 4.90 Å². The fraction of sp³-hybridized carbons (Fsp3) is 0.381. The largest absolute Gasteiger partial charge is 0.333 e. The van der Waals surface area contributed by atoms with Crippen LogP contribution in [-0.2, 0) is 21.2 Å². The SMILES string of the molecule is C[C@H](NCC(=O)N(Cc1ccccc1)[C@@H]1CCS(=O)(=O)C1)c1ccccc1Cl. The number of nitrogens with zero attached hydrogens (tertiary/aromatic N) is 1. The van der Waals surface area contributed by atoms with Crippen molar-refractivity contribution in [2.45, 2.75) is 32.0 Å². The van der Waals surface area contributed by atoms with Gasteiger partial charge in [0.05, 0.1) is 18.1 Å².